The molecule has 0 bridgehead atoms. The van der Waals surface area contributed by atoms with Gasteiger partial charge in [-0.25, -0.2) is 13.4 Å². The molecule has 1 aromatic heterocycles. The van der Waals surface area contributed by atoms with Crippen LogP contribution in [0.5, 0.6) is 0 Å². The van der Waals surface area contributed by atoms with Gasteiger partial charge in [-0.1, -0.05) is 24.3 Å². The average Bonchev–Trinajstić information content (AvgIpc) is 2.81. The summed E-state index contributed by atoms with van der Waals surface area (Å²) in [4.78, 5) is 8.04. The molecule has 3 aromatic rings. The van der Waals surface area contributed by atoms with E-state index in [1.165, 1.54) is 17.4 Å². The molecule has 0 aliphatic heterocycles. The van der Waals surface area contributed by atoms with Gasteiger partial charge in [0.05, 0.1) is 15.9 Å². The van der Waals surface area contributed by atoms with E-state index >= 15 is 0 Å². The van der Waals surface area contributed by atoms with E-state index in [-0.39, 0.29) is 0 Å². The van der Waals surface area contributed by atoms with Crippen molar-refractivity contribution in [1.29, 1.82) is 0 Å². The quantitative estimate of drug-likeness (QED) is 0.809. The summed E-state index contributed by atoms with van der Waals surface area (Å²) in [5, 5.41) is 0. The number of H-pyrrole nitrogens is 1. The molecule has 0 aliphatic carbocycles. The van der Waals surface area contributed by atoms with Gasteiger partial charge in [0, 0.05) is 12.7 Å². The number of nitrogens with zero attached hydrogens (tertiary/aromatic N) is 1. The highest BCUT2D eigenvalue weighted by atomic mass is 32.2. The Bertz CT molecular complexity index is 911. The second-order valence-electron chi connectivity index (χ2n) is 5.24. The maximum atomic E-state index is 11.6. The molecule has 5 heteroatoms. The molecule has 108 valence electrons. The van der Waals surface area contributed by atoms with Gasteiger partial charge in [0.1, 0.15) is 5.82 Å². The van der Waals surface area contributed by atoms with Crippen LogP contribution in [0.15, 0.2) is 47.4 Å². The number of fused-ring (bicyclic) bond motifs is 1. The Kier molecular flexibility index (Phi) is 3.29. The highest BCUT2D eigenvalue weighted by Gasteiger charge is 2.10. The van der Waals surface area contributed by atoms with Crippen molar-refractivity contribution in [2.24, 2.45) is 0 Å². The number of aromatic amines is 1. The number of hydrogen-bond acceptors (Lipinski definition) is 3. The van der Waals surface area contributed by atoms with Crippen molar-refractivity contribution in [2.45, 2.75) is 18.2 Å². The van der Waals surface area contributed by atoms with E-state index < -0.39 is 9.84 Å². The molecule has 4 nitrogen and oxygen atoms in total. The van der Waals surface area contributed by atoms with Gasteiger partial charge in [-0.2, -0.15) is 0 Å². The molecule has 0 fully saturated rings. The lowest BCUT2D eigenvalue weighted by atomic mass is 10.1. The van der Waals surface area contributed by atoms with Gasteiger partial charge in [-0.15, -0.1) is 0 Å². The molecular formula is C16H16N2O2S. The predicted molar refractivity (Wildman–Crippen MR) is 83.2 cm³/mol. The number of nitrogens with one attached hydrogen (secondary N) is 1. The fourth-order valence-electron chi connectivity index (χ4n) is 2.34. The smallest absolute Gasteiger partial charge is 0.175 e. The van der Waals surface area contributed by atoms with Crippen LogP contribution < -0.4 is 0 Å². The van der Waals surface area contributed by atoms with Crippen LogP contribution in [0.3, 0.4) is 0 Å². The Labute approximate surface area is 123 Å². The van der Waals surface area contributed by atoms with Gasteiger partial charge in [-0.05, 0) is 36.2 Å². The van der Waals surface area contributed by atoms with Crippen LogP contribution in [0.25, 0.3) is 11.0 Å². The second kappa shape index (κ2) is 5.00. The van der Waals surface area contributed by atoms with Crippen LogP contribution in [0.1, 0.15) is 17.0 Å². The summed E-state index contributed by atoms with van der Waals surface area (Å²) < 4.78 is 23.2. The Morgan fingerprint density at radius 3 is 2.62 bits per heavy atom. The molecule has 0 spiro atoms. The minimum Gasteiger partial charge on any atom is -0.342 e. The van der Waals surface area contributed by atoms with E-state index in [1.54, 1.807) is 18.2 Å². The molecule has 0 amide bonds. The van der Waals surface area contributed by atoms with Crippen molar-refractivity contribution in [3.05, 3.63) is 59.4 Å². The number of hydrogen-bond donors (Lipinski definition) is 1. The minimum atomic E-state index is -3.20. The second-order valence-corrected chi connectivity index (χ2v) is 7.25. The lowest BCUT2D eigenvalue weighted by molar-refractivity contribution is 0.602. The molecule has 2 aromatic carbocycles. The monoisotopic (exact) mass is 300 g/mol. The van der Waals surface area contributed by atoms with Crippen molar-refractivity contribution >= 4 is 20.9 Å². The van der Waals surface area contributed by atoms with Crippen LogP contribution in [0, 0.1) is 6.92 Å². The first-order valence-electron chi connectivity index (χ1n) is 6.67. The van der Waals surface area contributed by atoms with Crippen molar-refractivity contribution in [2.75, 3.05) is 6.26 Å². The van der Waals surface area contributed by atoms with Crippen molar-refractivity contribution in [3.8, 4) is 0 Å². The van der Waals surface area contributed by atoms with E-state index in [4.69, 9.17) is 0 Å². The molecule has 0 saturated heterocycles. The van der Waals surface area contributed by atoms with Gasteiger partial charge in [0.2, 0.25) is 0 Å². The topological polar surface area (TPSA) is 62.8 Å². The number of imidazole rings is 1. The van der Waals surface area contributed by atoms with Crippen LogP contribution in [0.4, 0.5) is 0 Å². The van der Waals surface area contributed by atoms with E-state index in [0.717, 1.165) is 16.9 Å². The third kappa shape index (κ3) is 2.83. The normalized spacial score (nSPS) is 11.9. The van der Waals surface area contributed by atoms with E-state index in [2.05, 4.69) is 29.0 Å². The number of aryl methyl sites for hydroxylation is 1. The molecule has 0 unspecified atom stereocenters. The fourth-order valence-corrected chi connectivity index (χ4v) is 2.99. The zero-order valence-electron chi connectivity index (χ0n) is 11.9. The van der Waals surface area contributed by atoms with E-state index in [1.807, 2.05) is 12.1 Å². The lowest BCUT2D eigenvalue weighted by Crippen LogP contribution is -1.96. The highest BCUT2D eigenvalue weighted by molar-refractivity contribution is 7.90. The molecule has 0 aliphatic rings. The summed E-state index contributed by atoms with van der Waals surface area (Å²) in [6.45, 7) is 2.07. The number of rotatable bonds is 3. The molecule has 0 atom stereocenters. The van der Waals surface area contributed by atoms with E-state index in [0.29, 0.717) is 11.3 Å². The van der Waals surface area contributed by atoms with Crippen LogP contribution in [-0.2, 0) is 16.3 Å². The third-order valence-corrected chi connectivity index (χ3v) is 4.66. The molecule has 0 radical (unpaired) electrons. The molecule has 0 saturated carbocycles. The van der Waals surface area contributed by atoms with Gasteiger partial charge >= 0.3 is 0 Å². The number of benzene rings is 2. The summed E-state index contributed by atoms with van der Waals surface area (Å²) in [6, 6.07) is 13.1. The first-order chi connectivity index (χ1) is 9.93. The Hall–Kier alpha value is -2.14. The lowest BCUT2D eigenvalue weighted by Gasteiger charge is -2.02. The summed E-state index contributed by atoms with van der Waals surface area (Å²) in [7, 11) is -3.20. The number of sulfone groups is 1. The van der Waals surface area contributed by atoms with Crippen LogP contribution >= 0.6 is 0 Å². The first kappa shape index (κ1) is 13.8. The fraction of sp³-hybridized carbons (Fsp3) is 0.188. The molecule has 21 heavy (non-hydrogen) atoms. The molecule has 1 N–H and O–H groups in total. The van der Waals surface area contributed by atoms with Crippen LogP contribution in [-0.4, -0.2) is 24.6 Å². The first-order valence-corrected chi connectivity index (χ1v) is 8.56. The largest absolute Gasteiger partial charge is 0.342 e. The summed E-state index contributed by atoms with van der Waals surface area (Å²) >= 11 is 0. The predicted octanol–water partition coefficient (Wildman–Crippen LogP) is 2.87. The van der Waals surface area contributed by atoms with E-state index in [9.17, 15) is 8.42 Å². The third-order valence-electron chi connectivity index (χ3n) is 3.55. The SMILES string of the molecule is Cc1ccccc1Cc1nc2ccc(S(C)(=O)=O)cc2[nH]1. The van der Waals surface area contributed by atoms with Gasteiger partial charge in [0.15, 0.2) is 9.84 Å². The van der Waals surface area contributed by atoms with Crippen LogP contribution in [0.2, 0.25) is 0 Å². The van der Waals surface area contributed by atoms with Crippen molar-refractivity contribution in [1.82, 2.24) is 9.97 Å². The molecular weight excluding hydrogens is 284 g/mol. The molecule has 3 rings (SSSR count). The zero-order chi connectivity index (χ0) is 15.0. The summed E-state index contributed by atoms with van der Waals surface area (Å²) in [5.74, 6) is 0.838. The standard InChI is InChI=1S/C16H16N2O2S/c1-11-5-3-4-6-12(11)9-16-17-14-8-7-13(21(2,19)20)10-15(14)18-16/h3-8,10H,9H2,1-2H3,(H,17,18). The van der Waals surface area contributed by atoms with Crippen molar-refractivity contribution < 1.29 is 8.42 Å². The van der Waals surface area contributed by atoms with Gasteiger partial charge in [0.25, 0.3) is 0 Å². The highest BCUT2D eigenvalue weighted by Crippen LogP contribution is 2.19. The summed E-state index contributed by atoms with van der Waals surface area (Å²) in [5.41, 5.74) is 3.96. The maximum Gasteiger partial charge on any atom is 0.175 e. The zero-order valence-corrected chi connectivity index (χ0v) is 12.7. The minimum absolute atomic E-state index is 0.307. The number of aromatic nitrogens is 2. The summed E-state index contributed by atoms with van der Waals surface area (Å²) in [6.07, 6.45) is 1.91. The Morgan fingerprint density at radius 2 is 1.90 bits per heavy atom. The molecule has 1 heterocycles. The van der Waals surface area contributed by atoms with Crippen molar-refractivity contribution in [3.63, 3.8) is 0 Å². The maximum absolute atomic E-state index is 11.6. The van der Waals surface area contributed by atoms with Gasteiger partial charge in [-0.3, -0.25) is 0 Å². The average molecular weight is 300 g/mol. The Balaban J connectivity index is 2.00. The van der Waals surface area contributed by atoms with Gasteiger partial charge < -0.3 is 4.98 Å². The Morgan fingerprint density at radius 1 is 1.14 bits per heavy atom.